The molecule has 0 saturated carbocycles. The number of hydrogen-bond donors (Lipinski definition) is 8. The molecular formula is C29H36N6O7S. The molecule has 0 aliphatic rings. The highest BCUT2D eigenvalue weighted by Crippen LogP contribution is 2.19. The first-order valence-corrected chi connectivity index (χ1v) is 14.9. The molecular weight excluding hydrogens is 576 g/mol. The number of H-pyrrole nitrogens is 1. The zero-order chi connectivity index (χ0) is 31.4. The van der Waals surface area contributed by atoms with Gasteiger partial charge in [0.05, 0.1) is 19.1 Å². The predicted octanol–water partition coefficient (Wildman–Crippen LogP) is 0.0257. The van der Waals surface area contributed by atoms with Gasteiger partial charge in [0.25, 0.3) is 0 Å². The molecule has 230 valence electrons. The number of aromatic nitrogens is 1. The number of nitrogens with two attached hydrogens (primary N) is 1. The van der Waals surface area contributed by atoms with E-state index in [0.717, 1.165) is 22.0 Å². The number of hydrogen-bond acceptors (Lipinski definition) is 8. The van der Waals surface area contributed by atoms with Gasteiger partial charge in [-0.1, -0.05) is 30.3 Å². The van der Waals surface area contributed by atoms with Crippen LogP contribution in [0.15, 0.2) is 54.7 Å². The Morgan fingerprint density at radius 2 is 1.58 bits per heavy atom. The number of fused-ring (bicyclic) bond motifs is 1. The molecule has 9 N–H and O–H groups in total. The molecule has 1 heterocycles. The summed E-state index contributed by atoms with van der Waals surface area (Å²) in [5.41, 5.74) is 8.20. The van der Waals surface area contributed by atoms with Crippen molar-refractivity contribution in [2.24, 2.45) is 5.73 Å². The quantitative estimate of drug-likeness (QED) is 0.109. The zero-order valence-electron chi connectivity index (χ0n) is 23.6. The molecule has 3 aromatic rings. The van der Waals surface area contributed by atoms with Crippen molar-refractivity contribution in [2.75, 3.05) is 25.1 Å². The van der Waals surface area contributed by atoms with E-state index in [0.29, 0.717) is 5.75 Å². The van der Waals surface area contributed by atoms with Crippen LogP contribution in [0.25, 0.3) is 10.9 Å². The van der Waals surface area contributed by atoms with Gasteiger partial charge in [0.15, 0.2) is 0 Å². The lowest BCUT2D eigenvalue weighted by atomic mass is 10.0. The van der Waals surface area contributed by atoms with Gasteiger partial charge in [-0.15, -0.1) is 0 Å². The van der Waals surface area contributed by atoms with Crippen molar-refractivity contribution in [3.05, 3.63) is 65.9 Å². The summed E-state index contributed by atoms with van der Waals surface area (Å²) in [6, 6.07) is 10.4. The van der Waals surface area contributed by atoms with E-state index in [4.69, 9.17) is 5.73 Å². The highest BCUT2D eigenvalue weighted by Gasteiger charge is 2.27. The average molecular weight is 613 g/mol. The lowest BCUT2D eigenvalue weighted by Crippen LogP contribution is -2.54. The zero-order valence-corrected chi connectivity index (χ0v) is 24.4. The highest BCUT2D eigenvalue weighted by molar-refractivity contribution is 7.98. The summed E-state index contributed by atoms with van der Waals surface area (Å²) in [5.74, 6) is -3.16. The van der Waals surface area contributed by atoms with Crippen molar-refractivity contribution >= 4 is 52.3 Å². The monoisotopic (exact) mass is 612 g/mol. The molecule has 0 aliphatic carbocycles. The van der Waals surface area contributed by atoms with Gasteiger partial charge < -0.3 is 42.2 Å². The van der Waals surface area contributed by atoms with Gasteiger partial charge in [0.2, 0.25) is 23.6 Å². The van der Waals surface area contributed by atoms with Gasteiger partial charge >= 0.3 is 5.97 Å². The van der Waals surface area contributed by atoms with Crippen LogP contribution in [0.2, 0.25) is 0 Å². The van der Waals surface area contributed by atoms with Gasteiger partial charge in [0, 0.05) is 23.5 Å². The summed E-state index contributed by atoms with van der Waals surface area (Å²) >= 11 is 1.45. The maximum Gasteiger partial charge on any atom is 0.326 e. The van der Waals surface area contributed by atoms with E-state index in [2.05, 4.69) is 26.3 Å². The van der Waals surface area contributed by atoms with Crippen molar-refractivity contribution in [3.63, 3.8) is 0 Å². The number of carbonyl (C=O) groups excluding carboxylic acids is 4. The number of aromatic amines is 1. The summed E-state index contributed by atoms with van der Waals surface area (Å²) in [5, 5.41) is 29.7. The summed E-state index contributed by atoms with van der Waals surface area (Å²) in [6.45, 7) is -0.912. The number of carboxylic acid groups (broad SMARTS) is 1. The Bertz CT molecular complexity index is 1430. The van der Waals surface area contributed by atoms with E-state index in [9.17, 15) is 34.2 Å². The van der Waals surface area contributed by atoms with Crippen LogP contribution in [-0.4, -0.2) is 88.0 Å². The maximum atomic E-state index is 13.2. The third-order valence-electron chi connectivity index (χ3n) is 6.57. The van der Waals surface area contributed by atoms with E-state index < -0.39 is 60.8 Å². The number of rotatable bonds is 16. The van der Waals surface area contributed by atoms with Crippen molar-refractivity contribution in [2.45, 2.75) is 37.4 Å². The number of aliphatic carboxylic acids is 1. The number of nitrogens with one attached hydrogen (secondary N) is 5. The maximum absolute atomic E-state index is 13.2. The minimum atomic E-state index is -1.18. The molecule has 0 unspecified atom stereocenters. The molecule has 1 aromatic heterocycles. The Balaban J connectivity index is 1.56. The largest absolute Gasteiger partial charge is 0.508 e. The molecule has 0 aliphatic heterocycles. The first-order valence-electron chi connectivity index (χ1n) is 13.5. The number of aromatic hydroxyl groups is 1. The summed E-state index contributed by atoms with van der Waals surface area (Å²) in [4.78, 5) is 65.3. The van der Waals surface area contributed by atoms with E-state index >= 15 is 0 Å². The van der Waals surface area contributed by atoms with Crippen molar-refractivity contribution in [3.8, 4) is 5.75 Å². The smallest absolute Gasteiger partial charge is 0.326 e. The average Bonchev–Trinajstić information content (AvgIpc) is 3.40. The van der Waals surface area contributed by atoms with Crippen molar-refractivity contribution in [1.82, 2.24) is 26.3 Å². The van der Waals surface area contributed by atoms with Crippen molar-refractivity contribution in [1.29, 1.82) is 0 Å². The Morgan fingerprint density at radius 1 is 0.884 bits per heavy atom. The fraction of sp³-hybridized carbons (Fsp3) is 0.345. The fourth-order valence-electron chi connectivity index (χ4n) is 4.26. The minimum absolute atomic E-state index is 0.0688. The van der Waals surface area contributed by atoms with Crippen LogP contribution in [0.5, 0.6) is 5.75 Å². The Labute approximate surface area is 252 Å². The van der Waals surface area contributed by atoms with Gasteiger partial charge in [-0.3, -0.25) is 19.2 Å². The minimum Gasteiger partial charge on any atom is -0.508 e. The Hall–Kier alpha value is -4.56. The first-order chi connectivity index (χ1) is 20.6. The van der Waals surface area contributed by atoms with Crippen LogP contribution >= 0.6 is 11.8 Å². The van der Waals surface area contributed by atoms with Gasteiger partial charge in [-0.05, 0) is 54.2 Å². The molecule has 0 bridgehead atoms. The third-order valence-corrected chi connectivity index (χ3v) is 7.22. The number of thioether (sulfide) groups is 1. The number of carbonyl (C=O) groups is 5. The second-order valence-electron chi connectivity index (χ2n) is 9.84. The molecule has 0 saturated heterocycles. The SMILES string of the molecule is CSCC[C@H](NC(=O)[C@H](Cc1c[nH]c2ccccc12)NC(=O)CNC(=O)CNC(=O)[C@@H](N)Cc1ccc(O)cc1)C(=O)O. The van der Waals surface area contributed by atoms with Crippen LogP contribution in [0, 0.1) is 0 Å². The lowest BCUT2D eigenvalue weighted by Gasteiger charge is -2.21. The molecule has 43 heavy (non-hydrogen) atoms. The van der Waals surface area contributed by atoms with E-state index in [1.54, 1.807) is 18.3 Å². The molecule has 3 rings (SSSR count). The second kappa shape index (κ2) is 16.2. The Kier molecular flexibility index (Phi) is 12.4. The Morgan fingerprint density at radius 3 is 2.28 bits per heavy atom. The van der Waals surface area contributed by atoms with Crippen LogP contribution < -0.4 is 27.0 Å². The number of benzene rings is 2. The lowest BCUT2D eigenvalue weighted by molar-refractivity contribution is -0.142. The van der Waals surface area contributed by atoms with Gasteiger partial charge in [0.1, 0.15) is 17.8 Å². The topological polar surface area (TPSA) is 216 Å². The van der Waals surface area contributed by atoms with E-state index in [1.807, 2.05) is 30.5 Å². The van der Waals surface area contributed by atoms with Crippen LogP contribution in [0.1, 0.15) is 17.5 Å². The van der Waals surface area contributed by atoms with Crippen molar-refractivity contribution < 1.29 is 34.2 Å². The van der Waals surface area contributed by atoms with Gasteiger partial charge in [-0.25, -0.2) is 4.79 Å². The second-order valence-corrected chi connectivity index (χ2v) is 10.8. The molecule has 3 atom stereocenters. The predicted molar refractivity (Wildman–Crippen MR) is 162 cm³/mol. The number of phenolic OH excluding ortho intramolecular Hbond substituents is 1. The normalized spacial score (nSPS) is 13.0. The number of amides is 4. The standard InChI is InChI=1S/C29H36N6O7S/c1-43-11-10-23(29(41)42)35-28(40)24(13-18-14-31-22-5-3-2-4-20(18)22)34-26(38)16-32-25(37)15-33-27(39)21(30)12-17-6-8-19(36)9-7-17/h2-9,14,21,23-24,31,36H,10-13,15-16,30H2,1H3,(H,32,37)(H,33,39)(H,34,38)(H,35,40)(H,41,42)/t21-,23-,24-/m0/s1. The highest BCUT2D eigenvalue weighted by atomic mass is 32.2. The summed E-state index contributed by atoms with van der Waals surface area (Å²) in [6.07, 6.45) is 4.01. The molecule has 14 heteroatoms. The molecule has 13 nitrogen and oxygen atoms in total. The molecule has 4 amide bonds. The fourth-order valence-corrected chi connectivity index (χ4v) is 4.73. The van der Waals surface area contributed by atoms with Crippen LogP contribution in [-0.2, 0) is 36.8 Å². The van der Waals surface area contributed by atoms with Gasteiger partial charge in [-0.2, -0.15) is 11.8 Å². The summed E-state index contributed by atoms with van der Waals surface area (Å²) < 4.78 is 0. The summed E-state index contributed by atoms with van der Waals surface area (Å²) in [7, 11) is 0. The number of phenols is 1. The van der Waals surface area contributed by atoms with Crippen LogP contribution in [0.3, 0.4) is 0 Å². The molecule has 0 radical (unpaired) electrons. The van der Waals surface area contributed by atoms with Crippen LogP contribution in [0.4, 0.5) is 0 Å². The molecule has 0 spiro atoms. The molecule has 2 aromatic carbocycles. The van der Waals surface area contributed by atoms with E-state index in [-0.39, 0.29) is 25.0 Å². The first kappa shape index (κ1) is 32.9. The molecule has 0 fully saturated rings. The third kappa shape index (κ3) is 10.3. The van der Waals surface area contributed by atoms with E-state index in [1.165, 1.54) is 23.9 Å². The number of para-hydroxylation sites is 1. The number of carboxylic acids is 1.